The lowest BCUT2D eigenvalue weighted by Crippen LogP contribution is -2.85. The number of nitriles is 1. The summed E-state index contributed by atoms with van der Waals surface area (Å²) in [6.07, 6.45) is -0.699. The average Bonchev–Trinajstić information content (AvgIpc) is 2.91. The Morgan fingerprint density at radius 3 is 2.26 bits per heavy atom. The van der Waals surface area contributed by atoms with Crippen LogP contribution in [-0.4, -0.2) is 77.4 Å². The van der Waals surface area contributed by atoms with E-state index in [0.717, 1.165) is 0 Å². The number of hydrogen-bond donors (Lipinski definition) is 4. The van der Waals surface area contributed by atoms with Crippen LogP contribution in [-0.2, 0) is 25.6 Å². The zero-order valence-electron chi connectivity index (χ0n) is 23.6. The normalized spacial score (nSPS) is 31.2. The molecule has 2 aromatic carbocycles. The molecule has 3 aliphatic rings. The Balaban J connectivity index is 1.70. The van der Waals surface area contributed by atoms with Crippen molar-refractivity contribution in [1.82, 2.24) is 4.90 Å². The van der Waals surface area contributed by atoms with Gasteiger partial charge in [-0.25, -0.2) is 0 Å². The summed E-state index contributed by atoms with van der Waals surface area (Å²) >= 11 is 0. The van der Waals surface area contributed by atoms with Crippen molar-refractivity contribution in [1.29, 1.82) is 5.26 Å². The number of phenolic OH excluding ortho intramolecular Hbond substituents is 1. The molecule has 0 radical (unpaired) electrons. The Hall–Kier alpha value is -4.88. The fraction of sp³-hybridized carbons (Fsp3) is 0.355. The fourth-order valence-corrected chi connectivity index (χ4v) is 7.14. The van der Waals surface area contributed by atoms with Gasteiger partial charge in [-0.3, -0.25) is 28.9 Å². The number of fused-ring (bicyclic) bond motifs is 3. The maximum absolute atomic E-state index is 14.4. The topological polar surface area (TPSA) is 220 Å². The van der Waals surface area contributed by atoms with Crippen LogP contribution < -0.4 is 21.9 Å². The second kappa shape index (κ2) is 9.85. The largest absolute Gasteiger partial charge is 0.507 e. The third-order valence-electron chi connectivity index (χ3n) is 8.91. The molecule has 0 aromatic heterocycles. The SMILES string of the molecule is COc1ccc(C#Cc2ccc(O)c3c2C[C@@]2(N)C[C@@]4(N)[C@H](N(C)C)C(=O)C(C(N)=O)C(=O)[C@@]4(C#N)C(=O)C2C3=O)cc1. The number of methoxy groups -OCH3 is 1. The minimum absolute atomic E-state index is 0.201. The van der Waals surface area contributed by atoms with Crippen molar-refractivity contribution in [2.75, 3.05) is 21.2 Å². The van der Waals surface area contributed by atoms with Gasteiger partial charge in [0.15, 0.2) is 34.5 Å². The standard InChI is InChI=1S/C31H29N5O7/c1-36(2)25-24(39)21(28(33)42)26(40)30(14-32)27(41)22-23(38)20-18(12-29(22,34)13-31(25,30)35)16(8-11-19(20)37)7-4-15-5-9-17(43-3)10-6-15/h5-6,8-11,21-22,25,37H,12-13,34-35H2,1-3H3,(H2,33,42)/t21?,22?,25-,29-,30+,31-/m1/s1. The Kier molecular flexibility index (Phi) is 6.78. The van der Waals surface area contributed by atoms with E-state index in [1.54, 1.807) is 30.3 Å². The van der Waals surface area contributed by atoms with E-state index < -0.39 is 75.6 Å². The first-order valence-electron chi connectivity index (χ1n) is 13.3. The number of Topliss-reactive ketones (excluding diaryl/α,β-unsaturated/α-hetero) is 4. The number of carbonyl (C=O) groups excluding carboxylic acids is 5. The fourth-order valence-electron chi connectivity index (χ4n) is 7.14. The second-order valence-corrected chi connectivity index (χ2v) is 11.6. The molecule has 220 valence electrons. The van der Waals surface area contributed by atoms with E-state index in [0.29, 0.717) is 16.9 Å². The summed E-state index contributed by atoms with van der Waals surface area (Å²) in [5, 5.41) is 21.2. The zero-order chi connectivity index (χ0) is 31.6. The van der Waals surface area contributed by atoms with E-state index in [9.17, 15) is 34.3 Å². The molecule has 2 saturated carbocycles. The van der Waals surface area contributed by atoms with Gasteiger partial charge in [0.2, 0.25) is 5.91 Å². The van der Waals surface area contributed by atoms with E-state index in [2.05, 4.69) is 11.8 Å². The number of amides is 1. The monoisotopic (exact) mass is 583 g/mol. The van der Waals surface area contributed by atoms with Gasteiger partial charge < -0.3 is 27.0 Å². The summed E-state index contributed by atoms with van der Waals surface area (Å²) in [6, 6.07) is 9.91. The van der Waals surface area contributed by atoms with Crippen LogP contribution in [0.5, 0.6) is 11.5 Å². The maximum atomic E-state index is 14.4. The first-order chi connectivity index (χ1) is 20.2. The molecule has 0 bridgehead atoms. The number of aromatic hydroxyl groups is 1. The molecular formula is C31H29N5O7. The summed E-state index contributed by atoms with van der Waals surface area (Å²) in [5.41, 5.74) is 13.3. The van der Waals surface area contributed by atoms with Gasteiger partial charge in [0, 0.05) is 16.7 Å². The molecular weight excluding hydrogens is 554 g/mol. The number of likely N-dealkylation sites (N-methyl/N-ethyl adjacent to an activating group) is 1. The van der Waals surface area contributed by atoms with Crippen LogP contribution in [0.2, 0.25) is 0 Å². The summed E-state index contributed by atoms with van der Waals surface area (Å²) in [7, 11) is 4.42. The van der Waals surface area contributed by atoms with Gasteiger partial charge >= 0.3 is 0 Å². The highest BCUT2D eigenvalue weighted by molar-refractivity contribution is 6.33. The predicted octanol–water partition coefficient (Wildman–Crippen LogP) is -0.783. The van der Waals surface area contributed by atoms with Crippen molar-refractivity contribution < 1.29 is 33.8 Å². The van der Waals surface area contributed by atoms with Crippen molar-refractivity contribution >= 4 is 29.0 Å². The van der Waals surface area contributed by atoms with Crippen molar-refractivity contribution in [3.05, 3.63) is 58.7 Å². The second-order valence-electron chi connectivity index (χ2n) is 11.6. The molecule has 12 heteroatoms. The first-order valence-corrected chi connectivity index (χ1v) is 13.3. The van der Waals surface area contributed by atoms with Crippen LogP contribution >= 0.6 is 0 Å². The molecule has 43 heavy (non-hydrogen) atoms. The number of benzene rings is 2. The molecule has 0 heterocycles. The van der Waals surface area contributed by atoms with Gasteiger partial charge in [0.1, 0.15) is 17.4 Å². The lowest BCUT2D eigenvalue weighted by molar-refractivity contribution is -0.166. The highest BCUT2D eigenvalue weighted by Gasteiger charge is 2.78. The molecule has 0 aliphatic heterocycles. The molecule has 2 unspecified atom stereocenters. The van der Waals surface area contributed by atoms with E-state index in [4.69, 9.17) is 21.9 Å². The summed E-state index contributed by atoms with van der Waals surface area (Å²) < 4.78 is 5.16. The smallest absolute Gasteiger partial charge is 0.235 e. The molecule has 5 rings (SSSR count). The van der Waals surface area contributed by atoms with E-state index in [1.165, 1.54) is 38.2 Å². The number of carbonyl (C=O) groups is 5. The highest BCUT2D eigenvalue weighted by Crippen LogP contribution is 2.56. The molecule has 3 aliphatic carbocycles. The Bertz CT molecular complexity index is 1730. The number of ether oxygens (including phenoxy) is 1. The zero-order valence-corrected chi connectivity index (χ0v) is 23.6. The maximum Gasteiger partial charge on any atom is 0.235 e. The highest BCUT2D eigenvalue weighted by atomic mass is 16.5. The van der Waals surface area contributed by atoms with Crippen LogP contribution in [0.25, 0.3) is 0 Å². The lowest BCUT2D eigenvalue weighted by atomic mass is 9.42. The molecule has 0 spiro atoms. The molecule has 1 amide bonds. The van der Waals surface area contributed by atoms with Gasteiger partial charge in [-0.15, -0.1) is 0 Å². The molecule has 7 N–H and O–H groups in total. The van der Waals surface area contributed by atoms with Gasteiger partial charge in [0.05, 0.1) is 30.3 Å². The molecule has 6 atom stereocenters. The van der Waals surface area contributed by atoms with Crippen LogP contribution in [0.15, 0.2) is 36.4 Å². The predicted molar refractivity (Wildman–Crippen MR) is 150 cm³/mol. The van der Waals surface area contributed by atoms with Gasteiger partial charge in [-0.2, -0.15) is 5.26 Å². The van der Waals surface area contributed by atoms with Crippen molar-refractivity contribution in [3.63, 3.8) is 0 Å². The number of hydrogen-bond acceptors (Lipinski definition) is 11. The quantitative estimate of drug-likeness (QED) is 0.259. The van der Waals surface area contributed by atoms with E-state index >= 15 is 0 Å². The Labute approximate surface area is 246 Å². The molecule has 12 nitrogen and oxygen atoms in total. The van der Waals surface area contributed by atoms with Crippen molar-refractivity contribution in [2.24, 2.45) is 34.5 Å². The average molecular weight is 584 g/mol. The number of ketones is 4. The number of phenols is 1. The third-order valence-corrected chi connectivity index (χ3v) is 8.91. The van der Waals surface area contributed by atoms with Gasteiger partial charge in [-0.1, -0.05) is 11.8 Å². The number of rotatable bonds is 3. The molecule has 2 fully saturated rings. The first kappa shape index (κ1) is 29.6. The summed E-state index contributed by atoms with van der Waals surface area (Å²) in [4.78, 5) is 69.3. The minimum Gasteiger partial charge on any atom is -0.507 e. The molecule has 0 saturated heterocycles. The lowest BCUT2D eigenvalue weighted by Gasteiger charge is -2.60. The van der Waals surface area contributed by atoms with Crippen LogP contribution in [0, 0.1) is 40.4 Å². The number of primary amides is 1. The Morgan fingerprint density at radius 1 is 1.05 bits per heavy atom. The van der Waals surface area contributed by atoms with Gasteiger partial charge in [0.25, 0.3) is 0 Å². The number of nitrogens with two attached hydrogens (primary N) is 3. The summed E-state index contributed by atoms with van der Waals surface area (Å²) in [5.74, 6) is -3.55. The van der Waals surface area contributed by atoms with Crippen LogP contribution in [0.1, 0.15) is 33.5 Å². The van der Waals surface area contributed by atoms with Crippen molar-refractivity contribution in [3.8, 4) is 29.4 Å². The van der Waals surface area contributed by atoms with E-state index in [1.807, 2.05) is 0 Å². The number of nitrogens with zero attached hydrogens (tertiary/aromatic N) is 2. The summed E-state index contributed by atoms with van der Waals surface area (Å²) in [6.45, 7) is 0. The van der Waals surface area contributed by atoms with E-state index in [-0.39, 0.29) is 17.5 Å². The molecule has 2 aromatic rings. The third kappa shape index (κ3) is 3.92. The van der Waals surface area contributed by atoms with Crippen LogP contribution in [0.3, 0.4) is 0 Å². The minimum atomic E-state index is -2.79. The Morgan fingerprint density at radius 2 is 1.70 bits per heavy atom. The van der Waals surface area contributed by atoms with Gasteiger partial charge in [-0.05, 0) is 68.9 Å². The van der Waals surface area contributed by atoms with Crippen LogP contribution in [0.4, 0.5) is 0 Å². The van der Waals surface area contributed by atoms with Crippen molar-refractivity contribution in [2.45, 2.75) is 30.0 Å².